The van der Waals surface area contributed by atoms with Crippen molar-refractivity contribution in [3.05, 3.63) is 174 Å². The Hall–Kier alpha value is -5.66. The number of rotatable bonds is 3. The Balaban J connectivity index is 1.39. The minimum atomic E-state index is -0.109. The maximum absolute atomic E-state index is 2.61. The summed E-state index contributed by atoms with van der Waals surface area (Å²) in [6, 6.07) is 56.8. The summed E-state index contributed by atoms with van der Waals surface area (Å²) >= 11 is 0. The third-order valence-corrected chi connectivity index (χ3v) is 11.6. The minimum absolute atomic E-state index is 0.109. The van der Waals surface area contributed by atoms with E-state index in [9.17, 15) is 0 Å². The van der Waals surface area contributed by atoms with Gasteiger partial charge in [-0.25, -0.2) is 0 Å². The molecule has 234 valence electrons. The molecule has 0 saturated heterocycles. The summed E-state index contributed by atoms with van der Waals surface area (Å²) in [5, 5.41) is 7.63. The Labute approximate surface area is 288 Å². The highest BCUT2D eigenvalue weighted by atomic mass is 15.2. The molecule has 8 aromatic carbocycles. The maximum atomic E-state index is 2.61. The Morgan fingerprint density at radius 2 is 0.776 bits per heavy atom. The lowest BCUT2D eigenvalue weighted by Crippen LogP contribution is -2.17. The quantitative estimate of drug-likeness (QED) is 0.176. The third kappa shape index (κ3) is 3.76. The lowest BCUT2D eigenvalue weighted by atomic mass is 9.82. The first-order chi connectivity index (χ1) is 23.9. The van der Waals surface area contributed by atoms with E-state index in [1.165, 1.54) is 93.9 Å². The second-order valence-electron chi connectivity index (χ2n) is 14.9. The highest BCUT2D eigenvalue weighted by Gasteiger charge is 2.41. The largest absolute Gasteiger partial charge is 0.309 e. The van der Waals surface area contributed by atoms with Gasteiger partial charge in [-0.2, -0.15) is 0 Å². The standard InChI is InChI=1S/C48H37N/c1-47(2)36-19-9-7-17-34(36)45-38(47)21-12-24-41(45)49(42-25-13-22-39-46(42)35-18-8-10-20-37(35)48(39,3)4)40-23-11-15-31-28-29-32-27-26-30-14-5-6-16-33(30)43(32)44(31)40/h5-29H,1-4H3. The fraction of sp³-hybridized carbons (Fsp3) is 0.125. The summed E-state index contributed by atoms with van der Waals surface area (Å²) < 4.78 is 0. The van der Waals surface area contributed by atoms with Crippen LogP contribution in [-0.4, -0.2) is 0 Å². The number of hydrogen-bond acceptors (Lipinski definition) is 1. The molecule has 0 atom stereocenters. The van der Waals surface area contributed by atoms with E-state index in [0.29, 0.717) is 0 Å². The van der Waals surface area contributed by atoms with E-state index >= 15 is 0 Å². The van der Waals surface area contributed by atoms with Gasteiger partial charge in [-0.1, -0.05) is 161 Å². The normalized spacial score (nSPS) is 14.9. The van der Waals surface area contributed by atoms with Crippen molar-refractivity contribution in [2.45, 2.75) is 38.5 Å². The van der Waals surface area contributed by atoms with Crippen LogP contribution in [0.15, 0.2) is 152 Å². The van der Waals surface area contributed by atoms with Crippen LogP contribution in [0, 0.1) is 0 Å². The molecule has 10 rings (SSSR count). The lowest BCUT2D eigenvalue weighted by molar-refractivity contribution is 0.660. The van der Waals surface area contributed by atoms with Crippen molar-refractivity contribution in [1.82, 2.24) is 0 Å². The first-order valence-electron chi connectivity index (χ1n) is 17.5. The molecular weight excluding hydrogens is 591 g/mol. The van der Waals surface area contributed by atoms with Crippen LogP contribution in [0.3, 0.4) is 0 Å². The first kappa shape index (κ1) is 28.4. The summed E-state index contributed by atoms with van der Waals surface area (Å²) in [6.07, 6.45) is 0. The number of nitrogens with zero attached hydrogens (tertiary/aromatic N) is 1. The molecule has 0 aliphatic heterocycles. The molecule has 0 fully saturated rings. The molecule has 1 heteroatoms. The number of anilines is 3. The van der Waals surface area contributed by atoms with Crippen LogP contribution in [0.25, 0.3) is 54.6 Å². The van der Waals surface area contributed by atoms with Crippen LogP contribution < -0.4 is 4.90 Å². The summed E-state index contributed by atoms with van der Waals surface area (Å²) in [4.78, 5) is 2.61. The molecule has 0 unspecified atom stereocenters. The molecule has 0 aromatic heterocycles. The molecular formula is C48H37N. The topological polar surface area (TPSA) is 3.24 Å². The fourth-order valence-electron chi connectivity index (χ4n) is 9.27. The molecule has 0 saturated carbocycles. The van der Waals surface area contributed by atoms with Gasteiger partial charge in [0.05, 0.1) is 17.1 Å². The predicted octanol–water partition coefficient (Wildman–Crippen LogP) is 13.2. The summed E-state index contributed by atoms with van der Waals surface area (Å²) in [6.45, 7) is 9.51. The average molecular weight is 628 g/mol. The molecule has 8 aromatic rings. The van der Waals surface area contributed by atoms with Crippen LogP contribution in [0.5, 0.6) is 0 Å². The molecule has 0 amide bonds. The Kier molecular flexibility index (Phi) is 5.75. The molecule has 0 spiro atoms. The van der Waals surface area contributed by atoms with Crippen molar-refractivity contribution in [2.75, 3.05) is 4.90 Å². The van der Waals surface area contributed by atoms with E-state index in [1.807, 2.05) is 0 Å². The van der Waals surface area contributed by atoms with Crippen LogP contribution in [-0.2, 0) is 10.8 Å². The van der Waals surface area contributed by atoms with Gasteiger partial charge in [-0.15, -0.1) is 0 Å². The minimum Gasteiger partial charge on any atom is -0.309 e. The van der Waals surface area contributed by atoms with Gasteiger partial charge in [-0.05, 0) is 78.5 Å². The molecule has 0 heterocycles. The number of hydrogen-bond donors (Lipinski definition) is 0. The zero-order valence-corrected chi connectivity index (χ0v) is 28.4. The number of fused-ring (bicyclic) bond motifs is 11. The zero-order valence-electron chi connectivity index (χ0n) is 28.4. The Morgan fingerprint density at radius 3 is 1.39 bits per heavy atom. The van der Waals surface area contributed by atoms with Crippen molar-refractivity contribution in [3.8, 4) is 22.3 Å². The average Bonchev–Trinajstić information content (AvgIpc) is 3.52. The molecule has 0 bridgehead atoms. The van der Waals surface area contributed by atoms with Crippen LogP contribution in [0.1, 0.15) is 49.9 Å². The van der Waals surface area contributed by atoms with Gasteiger partial charge in [0.1, 0.15) is 0 Å². The van der Waals surface area contributed by atoms with Crippen LogP contribution in [0.4, 0.5) is 17.1 Å². The second kappa shape index (κ2) is 9.94. The van der Waals surface area contributed by atoms with E-state index in [1.54, 1.807) is 0 Å². The van der Waals surface area contributed by atoms with Crippen molar-refractivity contribution in [1.29, 1.82) is 0 Å². The van der Waals surface area contributed by atoms with Crippen LogP contribution >= 0.6 is 0 Å². The van der Waals surface area contributed by atoms with E-state index in [0.717, 1.165) is 0 Å². The SMILES string of the molecule is CC1(C)c2ccccc2-c2c(N(c3cccc4c3-c3ccccc3C4(C)C)c3cccc4ccc5ccc6ccccc6c5c34)cccc21. The zero-order chi connectivity index (χ0) is 33.1. The van der Waals surface area contributed by atoms with Crippen molar-refractivity contribution in [3.63, 3.8) is 0 Å². The first-order valence-corrected chi connectivity index (χ1v) is 17.5. The highest BCUT2D eigenvalue weighted by molar-refractivity contribution is 6.25. The van der Waals surface area contributed by atoms with Gasteiger partial charge < -0.3 is 4.90 Å². The van der Waals surface area contributed by atoms with E-state index in [4.69, 9.17) is 0 Å². The Morgan fingerprint density at radius 1 is 0.347 bits per heavy atom. The fourth-order valence-corrected chi connectivity index (χ4v) is 9.27. The maximum Gasteiger partial charge on any atom is 0.0547 e. The third-order valence-electron chi connectivity index (χ3n) is 11.6. The molecule has 0 N–H and O–H groups in total. The van der Waals surface area contributed by atoms with Gasteiger partial charge in [0.25, 0.3) is 0 Å². The summed E-state index contributed by atoms with van der Waals surface area (Å²) in [5.41, 5.74) is 14.2. The van der Waals surface area contributed by atoms with Crippen molar-refractivity contribution >= 4 is 49.4 Å². The monoisotopic (exact) mass is 627 g/mol. The van der Waals surface area contributed by atoms with Gasteiger partial charge in [-0.3, -0.25) is 0 Å². The van der Waals surface area contributed by atoms with Gasteiger partial charge in [0.15, 0.2) is 0 Å². The highest BCUT2D eigenvalue weighted by Crippen LogP contribution is 2.58. The molecule has 49 heavy (non-hydrogen) atoms. The molecule has 0 radical (unpaired) electrons. The van der Waals surface area contributed by atoms with Crippen molar-refractivity contribution < 1.29 is 0 Å². The number of benzene rings is 8. The summed E-state index contributed by atoms with van der Waals surface area (Å²) in [5.74, 6) is 0. The smallest absolute Gasteiger partial charge is 0.0547 e. The molecule has 1 nitrogen and oxygen atoms in total. The van der Waals surface area contributed by atoms with Gasteiger partial charge >= 0.3 is 0 Å². The van der Waals surface area contributed by atoms with Crippen LogP contribution in [0.2, 0.25) is 0 Å². The van der Waals surface area contributed by atoms with Gasteiger partial charge in [0.2, 0.25) is 0 Å². The molecule has 2 aliphatic rings. The summed E-state index contributed by atoms with van der Waals surface area (Å²) in [7, 11) is 0. The lowest BCUT2D eigenvalue weighted by Gasteiger charge is -2.32. The van der Waals surface area contributed by atoms with E-state index < -0.39 is 0 Å². The Bertz CT molecular complexity index is 2560. The predicted molar refractivity (Wildman–Crippen MR) is 209 cm³/mol. The van der Waals surface area contributed by atoms with E-state index in [2.05, 4.69) is 184 Å². The van der Waals surface area contributed by atoms with E-state index in [-0.39, 0.29) is 10.8 Å². The molecule has 2 aliphatic carbocycles. The second-order valence-corrected chi connectivity index (χ2v) is 14.9. The van der Waals surface area contributed by atoms with Gasteiger partial charge in [0, 0.05) is 27.3 Å². The van der Waals surface area contributed by atoms with Crippen molar-refractivity contribution in [2.24, 2.45) is 0 Å².